The number of hydrogen-bond donors (Lipinski definition) is 2. The number of rotatable bonds is 9. The lowest BCUT2D eigenvalue weighted by atomic mass is 10.0. The Kier molecular flexibility index (Phi) is 6.61. The maximum atomic E-state index is 13.0. The van der Waals surface area contributed by atoms with Gasteiger partial charge in [-0.3, -0.25) is 9.55 Å². The molecule has 2 N–H and O–H groups in total. The molecule has 3 heterocycles. The van der Waals surface area contributed by atoms with Gasteiger partial charge in [-0.15, -0.1) is 10.2 Å². The molecule has 176 valence electrons. The first kappa shape index (κ1) is 22.5. The maximum absolute atomic E-state index is 13.0. The second-order valence-corrected chi connectivity index (χ2v) is 8.54. The zero-order chi connectivity index (χ0) is 24.0. The number of aromatic amines is 2. The topological polar surface area (TPSA) is 105 Å². The van der Waals surface area contributed by atoms with Crippen molar-refractivity contribution in [2.24, 2.45) is 0 Å². The van der Waals surface area contributed by atoms with Crippen molar-refractivity contribution < 1.29 is 0 Å². The smallest absolute Gasteiger partial charge is 0.309 e. The van der Waals surface area contributed by atoms with Gasteiger partial charge in [0.1, 0.15) is 5.69 Å². The van der Waals surface area contributed by atoms with Crippen LogP contribution in [0.4, 0.5) is 0 Å². The van der Waals surface area contributed by atoms with Crippen molar-refractivity contribution >= 4 is 0 Å². The molecule has 35 heavy (non-hydrogen) atoms. The number of imidazole rings is 1. The average molecular weight is 466 g/mol. The van der Waals surface area contributed by atoms with Gasteiger partial charge in [-0.2, -0.15) is 5.21 Å². The van der Waals surface area contributed by atoms with Crippen LogP contribution in [-0.4, -0.2) is 35.2 Å². The second kappa shape index (κ2) is 10.3. The molecule has 0 aliphatic rings. The lowest BCUT2D eigenvalue weighted by Gasteiger charge is -2.11. The van der Waals surface area contributed by atoms with Gasteiger partial charge in [0.05, 0.1) is 6.54 Å². The summed E-state index contributed by atoms with van der Waals surface area (Å²) in [5.41, 5.74) is 6.89. The summed E-state index contributed by atoms with van der Waals surface area (Å²) in [6, 6.07) is 22.4. The molecule has 5 aromatic rings. The summed E-state index contributed by atoms with van der Waals surface area (Å²) in [5.74, 6) is 0.454. The molecule has 0 amide bonds. The normalized spacial score (nSPS) is 11.1. The molecule has 0 aliphatic carbocycles. The summed E-state index contributed by atoms with van der Waals surface area (Å²) < 4.78 is 1.89. The van der Waals surface area contributed by atoms with Gasteiger partial charge in [0.25, 0.3) is 0 Å². The zero-order valence-electron chi connectivity index (χ0n) is 19.6. The maximum Gasteiger partial charge on any atom is 0.326 e. The molecule has 0 saturated heterocycles. The lowest BCUT2D eigenvalue weighted by molar-refractivity contribution is 0.675. The standard InChI is InChI=1S/C27H27N7O/c1-2-3-11-24-23(17-19-8-5-4-6-9-19)29-27(35)34(24)18-20-12-14-21(15-13-20)22-10-7-16-28-25(22)26-30-32-33-31-26/h4-10,12-16H,2-3,11,17-18H2,1H3,(H,29,35)(H,30,31,32,33). The van der Waals surface area contributed by atoms with Crippen LogP contribution >= 0.6 is 0 Å². The number of unbranched alkanes of at least 4 members (excludes halogenated alkanes) is 1. The number of tetrazole rings is 1. The van der Waals surface area contributed by atoms with Gasteiger partial charge < -0.3 is 4.98 Å². The van der Waals surface area contributed by atoms with Gasteiger partial charge in [0.2, 0.25) is 5.82 Å². The Morgan fingerprint density at radius 2 is 1.77 bits per heavy atom. The molecule has 0 bridgehead atoms. The van der Waals surface area contributed by atoms with Crippen LogP contribution in [0.5, 0.6) is 0 Å². The third-order valence-corrected chi connectivity index (χ3v) is 6.14. The van der Waals surface area contributed by atoms with Crippen LogP contribution in [0.25, 0.3) is 22.6 Å². The van der Waals surface area contributed by atoms with Crippen LogP contribution in [0.1, 0.15) is 42.3 Å². The molecule has 0 atom stereocenters. The monoisotopic (exact) mass is 465 g/mol. The molecule has 0 saturated carbocycles. The number of hydrogen-bond acceptors (Lipinski definition) is 5. The number of nitrogens with one attached hydrogen (secondary N) is 2. The van der Waals surface area contributed by atoms with E-state index in [-0.39, 0.29) is 5.69 Å². The SMILES string of the molecule is CCCCc1c(Cc2ccccc2)[nH]c(=O)n1Cc1ccc(-c2cccnc2-c2nn[nH]n2)cc1. The minimum absolute atomic E-state index is 0.0576. The van der Waals surface area contributed by atoms with E-state index in [0.717, 1.165) is 53.8 Å². The number of nitrogens with zero attached hydrogens (tertiary/aromatic N) is 5. The highest BCUT2D eigenvalue weighted by Crippen LogP contribution is 2.28. The summed E-state index contributed by atoms with van der Waals surface area (Å²) >= 11 is 0. The fourth-order valence-corrected chi connectivity index (χ4v) is 4.35. The van der Waals surface area contributed by atoms with Gasteiger partial charge in [0, 0.05) is 29.6 Å². The summed E-state index contributed by atoms with van der Waals surface area (Å²) in [4.78, 5) is 20.5. The largest absolute Gasteiger partial charge is 0.326 e. The van der Waals surface area contributed by atoms with Crippen molar-refractivity contribution in [1.29, 1.82) is 0 Å². The highest BCUT2D eigenvalue weighted by molar-refractivity contribution is 5.77. The molecule has 8 nitrogen and oxygen atoms in total. The molecular formula is C27H27N7O. The van der Waals surface area contributed by atoms with E-state index >= 15 is 0 Å². The summed E-state index contributed by atoms with van der Waals surface area (Å²) in [5, 5.41) is 14.3. The number of H-pyrrole nitrogens is 2. The van der Waals surface area contributed by atoms with E-state index in [1.807, 2.05) is 47.0 Å². The molecule has 0 aliphatic heterocycles. The van der Waals surface area contributed by atoms with Gasteiger partial charge >= 0.3 is 5.69 Å². The minimum atomic E-state index is -0.0576. The molecule has 0 spiro atoms. The van der Waals surface area contributed by atoms with Crippen LogP contribution in [-0.2, 0) is 19.4 Å². The van der Waals surface area contributed by atoms with E-state index in [1.54, 1.807) is 6.20 Å². The first-order valence-corrected chi connectivity index (χ1v) is 11.9. The van der Waals surface area contributed by atoms with Gasteiger partial charge in [-0.1, -0.05) is 74.0 Å². The van der Waals surface area contributed by atoms with Crippen molar-refractivity contribution in [3.63, 3.8) is 0 Å². The predicted octanol–water partition coefficient (Wildman–Crippen LogP) is 4.40. The minimum Gasteiger partial charge on any atom is -0.309 e. The van der Waals surface area contributed by atoms with E-state index in [2.05, 4.69) is 61.8 Å². The molecule has 2 aromatic carbocycles. The van der Waals surface area contributed by atoms with E-state index < -0.39 is 0 Å². The molecule has 0 unspecified atom stereocenters. The third kappa shape index (κ3) is 4.96. The summed E-state index contributed by atoms with van der Waals surface area (Å²) in [7, 11) is 0. The quantitative estimate of drug-likeness (QED) is 0.336. The van der Waals surface area contributed by atoms with Gasteiger partial charge in [-0.05, 0) is 40.8 Å². The van der Waals surface area contributed by atoms with Crippen LogP contribution in [0.15, 0.2) is 77.7 Å². The van der Waals surface area contributed by atoms with E-state index in [0.29, 0.717) is 18.1 Å². The summed E-state index contributed by atoms with van der Waals surface area (Å²) in [6.07, 6.45) is 5.43. The van der Waals surface area contributed by atoms with E-state index in [9.17, 15) is 4.79 Å². The number of aromatic nitrogens is 7. The first-order chi connectivity index (χ1) is 17.2. The Bertz CT molecular complexity index is 1440. The molecule has 0 radical (unpaired) electrons. The van der Waals surface area contributed by atoms with Crippen molar-refractivity contribution in [2.45, 2.75) is 39.2 Å². The van der Waals surface area contributed by atoms with Crippen LogP contribution < -0.4 is 5.69 Å². The van der Waals surface area contributed by atoms with Crippen LogP contribution in [0, 0.1) is 0 Å². The first-order valence-electron chi connectivity index (χ1n) is 11.9. The molecule has 3 aromatic heterocycles. The third-order valence-electron chi connectivity index (χ3n) is 6.14. The highest BCUT2D eigenvalue weighted by atomic mass is 16.1. The van der Waals surface area contributed by atoms with Crippen molar-refractivity contribution in [2.75, 3.05) is 0 Å². The van der Waals surface area contributed by atoms with Crippen molar-refractivity contribution in [3.8, 4) is 22.6 Å². The molecule has 0 fully saturated rings. The zero-order valence-corrected chi connectivity index (χ0v) is 19.6. The Balaban J connectivity index is 1.43. The molecule has 5 rings (SSSR count). The Hall–Kier alpha value is -4.33. The lowest BCUT2D eigenvalue weighted by Crippen LogP contribution is -2.19. The predicted molar refractivity (Wildman–Crippen MR) is 135 cm³/mol. The fraction of sp³-hybridized carbons (Fsp3) is 0.222. The fourth-order valence-electron chi connectivity index (χ4n) is 4.35. The van der Waals surface area contributed by atoms with Crippen molar-refractivity contribution in [3.05, 3.63) is 106 Å². The van der Waals surface area contributed by atoms with Crippen molar-refractivity contribution in [1.82, 2.24) is 35.2 Å². The van der Waals surface area contributed by atoms with Gasteiger partial charge in [-0.25, -0.2) is 4.79 Å². The molecule has 8 heteroatoms. The molecular weight excluding hydrogens is 438 g/mol. The van der Waals surface area contributed by atoms with Gasteiger partial charge in [0.15, 0.2) is 0 Å². The second-order valence-electron chi connectivity index (χ2n) is 8.54. The van der Waals surface area contributed by atoms with Crippen LogP contribution in [0.3, 0.4) is 0 Å². The number of benzene rings is 2. The summed E-state index contributed by atoms with van der Waals surface area (Å²) in [6.45, 7) is 2.69. The number of pyridine rings is 1. The average Bonchev–Trinajstić information content (AvgIpc) is 3.53. The Labute approximate surface area is 203 Å². The van der Waals surface area contributed by atoms with Crippen LogP contribution in [0.2, 0.25) is 0 Å². The Morgan fingerprint density at radius 3 is 2.51 bits per heavy atom. The highest BCUT2D eigenvalue weighted by Gasteiger charge is 2.16. The van der Waals surface area contributed by atoms with E-state index in [1.165, 1.54) is 5.56 Å². The van der Waals surface area contributed by atoms with E-state index in [4.69, 9.17) is 0 Å². The Morgan fingerprint density at radius 1 is 0.943 bits per heavy atom.